The van der Waals surface area contributed by atoms with E-state index in [1.54, 1.807) is 12.1 Å². The molecule has 19 heavy (non-hydrogen) atoms. The third-order valence-corrected chi connectivity index (χ3v) is 3.05. The van der Waals surface area contributed by atoms with Gasteiger partial charge in [0.05, 0.1) is 10.7 Å². The average Bonchev–Trinajstić information content (AvgIpc) is 2.35. The number of halogens is 3. The van der Waals surface area contributed by atoms with Gasteiger partial charge in [0, 0.05) is 3.57 Å². The number of nitrogens with zero attached hydrogens (tertiary/aromatic N) is 3. The van der Waals surface area contributed by atoms with Crippen LogP contribution in [0.5, 0.6) is 0 Å². The Morgan fingerprint density at radius 3 is 2.68 bits per heavy atom. The number of amidine groups is 1. The van der Waals surface area contributed by atoms with Crippen molar-refractivity contribution in [1.82, 2.24) is 0 Å². The first-order valence-corrected chi connectivity index (χ1v) is 6.03. The maximum Gasteiger partial charge on any atom is 0.201 e. The Balaban J connectivity index is 3.31. The molecule has 0 spiro atoms. The number of hydrogen-bond acceptors (Lipinski definition) is 5. The number of nitrogens with two attached hydrogens (primary N) is 1. The lowest BCUT2D eigenvalue weighted by atomic mass is 10.2. The Morgan fingerprint density at radius 1 is 1.58 bits per heavy atom. The molecule has 9 heteroatoms. The van der Waals surface area contributed by atoms with Gasteiger partial charge in [-0.3, -0.25) is 10.8 Å². The van der Waals surface area contributed by atoms with E-state index in [9.17, 15) is 4.39 Å². The summed E-state index contributed by atoms with van der Waals surface area (Å²) < 4.78 is 14.1. The molecule has 0 bridgehead atoms. The summed E-state index contributed by atoms with van der Waals surface area (Å²) >= 11 is 7.44. The molecular weight excluding hydrogens is 386 g/mol. The molecule has 6 nitrogen and oxygen atoms in total. The third kappa shape index (κ3) is 3.30. The highest BCUT2D eigenvalue weighted by molar-refractivity contribution is 14.1. The SMILES string of the molecule is N#C/C(=N\Nc1c(I)cc(Cl)c(F)c1C#N)C(=N)N. The van der Waals surface area contributed by atoms with Crippen LogP contribution in [0.25, 0.3) is 0 Å². The summed E-state index contributed by atoms with van der Waals surface area (Å²) in [5.41, 5.74) is 6.79. The van der Waals surface area contributed by atoms with Crippen molar-refractivity contribution in [2.75, 3.05) is 5.43 Å². The van der Waals surface area contributed by atoms with E-state index < -0.39 is 11.7 Å². The molecule has 0 heterocycles. The minimum atomic E-state index is -0.886. The number of hydrazone groups is 1. The number of nitrogens with one attached hydrogen (secondary N) is 2. The Bertz CT molecular complexity index is 657. The monoisotopic (exact) mass is 390 g/mol. The van der Waals surface area contributed by atoms with Gasteiger partial charge in [0.25, 0.3) is 0 Å². The van der Waals surface area contributed by atoms with E-state index in [0.29, 0.717) is 3.57 Å². The molecule has 0 saturated carbocycles. The molecule has 0 aliphatic heterocycles. The fourth-order valence-corrected chi connectivity index (χ4v) is 2.16. The predicted molar refractivity (Wildman–Crippen MR) is 77.4 cm³/mol. The fourth-order valence-electron chi connectivity index (χ4n) is 1.07. The molecule has 1 aromatic carbocycles. The van der Waals surface area contributed by atoms with E-state index >= 15 is 0 Å². The van der Waals surface area contributed by atoms with Crippen LogP contribution >= 0.6 is 34.2 Å². The second-order valence-corrected chi connectivity index (χ2v) is 4.68. The normalized spacial score (nSPS) is 10.5. The van der Waals surface area contributed by atoms with E-state index in [2.05, 4.69) is 10.5 Å². The highest BCUT2D eigenvalue weighted by Crippen LogP contribution is 2.30. The van der Waals surface area contributed by atoms with Gasteiger partial charge in [-0.2, -0.15) is 15.6 Å². The van der Waals surface area contributed by atoms with Gasteiger partial charge in [0.2, 0.25) is 5.71 Å². The molecule has 0 fully saturated rings. The summed E-state index contributed by atoms with van der Waals surface area (Å²) in [4.78, 5) is 0. The van der Waals surface area contributed by atoms with E-state index in [4.69, 9.17) is 33.3 Å². The topological polar surface area (TPSA) is 122 Å². The molecule has 4 N–H and O–H groups in total. The van der Waals surface area contributed by atoms with Crippen molar-refractivity contribution < 1.29 is 4.39 Å². The number of anilines is 1. The Morgan fingerprint density at radius 2 is 2.21 bits per heavy atom. The second-order valence-electron chi connectivity index (χ2n) is 3.11. The summed E-state index contributed by atoms with van der Waals surface area (Å²) in [6.45, 7) is 0. The quantitative estimate of drug-likeness (QED) is 0.241. The van der Waals surface area contributed by atoms with Crippen LogP contribution in [0.3, 0.4) is 0 Å². The van der Waals surface area contributed by atoms with Gasteiger partial charge in [-0.05, 0) is 28.7 Å². The second kappa shape index (κ2) is 6.31. The van der Waals surface area contributed by atoms with Crippen LogP contribution in [0, 0.1) is 37.5 Å². The van der Waals surface area contributed by atoms with Crippen molar-refractivity contribution in [3.05, 3.63) is 26.0 Å². The molecular formula is C10H5ClFIN6. The molecule has 1 aromatic rings. The first-order valence-electron chi connectivity index (χ1n) is 4.58. The van der Waals surface area contributed by atoms with Gasteiger partial charge in [0.1, 0.15) is 17.7 Å². The first kappa shape index (κ1) is 15.1. The van der Waals surface area contributed by atoms with E-state index in [1.807, 2.05) is 22.6 Å². The van der Waals surface area contributed by atoms with Gasteiger partial charge in [-0.25, -0.2) is 4.39 Å². The maximum absolute atomic E-state index is 13.6. The fraction of sp³-hybridized carbons (Fsp3) is 0. The largest absolute Gasteiger partial charge is 0.382 e. The number of benzene rings is 1. The van der Waals surface area contributed by atoms with Gasteiger partial charge >= 0.3 is 0 Å². The van der Waals surface area contributed by atoms with Crippen LogP contribution in [-0.4, -0.2) is 11.5 Å². The van der Waals surface area contributed by atoms with Crippen molar-refractivity contribution in [1.29, 1.82) is 15.9 Å². The Labute approximate surface area is 126 Å². The van der Waals surface area contributed by atoms with Crippen LogP contribution in [-0.2, 0) is 0 Å². The summed E-state index contributed by atoms with van der Waals surface area (Å²) in [5.74, 6) is -1.43. The van der Waals surface area contributed by atoms with Crippen molar-refractivity contribution in [2.45, 2.75) is 0 Å². The molecule has 0 amide bonds. The lowest BCUT2D eigenvalue weighted by molar-refractivity contribution is 0.624. The van der Waals surface area contributed by atoms with Gasteiger partial charge in [0.15, 0.2) is 11.7 Å². The van der Waals surface area contributed by atoms with Crippen molar-refractivity contribution >= 4 is 51.4 Å². The van der Waals surface area contributed by atoms with Gasteiger partial charge < -0.3 is 5.73 Å². The highest BCUT2D eigenvalue weighted by Gasteiger charge is 2.16. The van der Waals surface area contributed by atoms with Crippen LogP contribution in [0.4, 0.5) is 10.1 Å². The zero-order valence-electron chi connectivity index (χ0n) is 9.13. The zero-order valence-corrected chi connectivity index (χ0v) is 12.0. The lowest BCUT2D eigenvalue weighted by Gasteiger charge is -2.08. The number of nitriles is 2. The minimum absolute atomic E-state index is 0.0546. The van der Waals surface area contributed by atoms with Crippen LogP contribution in [0.1, 0.15) is 5.56 Å². The molecule has 0 saturated heterocycles. The van der Waals surface area contributed by atoms with Crippen molar-refractivity contribution in [3.8, 4) is 12.1 Å². The average molecular weight is 391 g/mol. The van der Waals surface area contributed by atoms with Crippen LogP contribution in [0.15, 0.2) is 11.2 Å². The van der Waals surface area contributed by atoms with Crippen molar-refractivity contribution in [2.24, 2.45) is 10.8 Å². The summed E-state index contributed by atoms with van der Waals surface area (Å²) in [6, 6.07) is 4.54. The Hall–Kier alpha value is -1.91. The highest BCUT2D eigenvalue weighted by atomic mass is 127. The van der Waals surface area contributed by atoms with Crippen LogP contribution < -0.4 is 11.2 Å². The van der Waals surface area contributed by atoms with Gasteiger partial charge in [-0.1, -0.05) is 11.6 Å². The smallest absolute Gasteiger partial charge is 0.201 e. The molecule has 0 aliphatic rings. The van der Waals surface area contributed by atoms with Gasteiger partial charge in [-0.15, -0.1) is 0 Å². The maximum atomic E-state index is 13.6. The summed E-state index contributed by atoms with van der Waals surface area (Å²) in [7, 11) is 0. The number of rotatable bonds is 3. The third-order valence-electron chi connectivity index (χ3n) is 1.92. The lowest BCUT2D eigenvalue weighted by Crippen LogP contribution is -2.22. The summed E-state index contributed by atoms with van der Waals surface area (Å²) in [6.07, 6.45) is 0. The van der Waals surface area contributed by atoms with E-state index in [-0.39, 0.29) is 22.0 Å². The minimum Gasteiger partial charge on any atom is -0.382 e. The molecule has 96 valence electrons. The molecule has 0 atom stereocenters. The Kier molecular flexibility index (Phi) is 5.03. The molecule has 0 unspecified atom stereocenters. The predicted octanol–water partition coefficient (Wildman–Crippen LogP) is 2.18. The van der Waals surface area contributed by atoms with Crippen molar-refractivity contribution in [3.63, 3.8) is 0 Å². The van der Waals surface area contributed by atoms with E-state index in [0.717, 1.165) is 0 Å². The summed E-state index contributed by atoms with van der Waals surface area (Å²) in [5, 5.41) is 28.0. The van der Waals surface area contributed by atoms with E-state index in [1.165, 1.54) is 6.07 Å². The molecule has 0 radical (unpaired) electrons. The molecule has 1 rings (SSSR count). The van der Waals surface area contributed by atoms with Crippen LogP contribution in [0.2, 0.25) is 5.02 Å². The molecule has 0 aliphatic carbocycles. The number of hydrogen-bond donors (Lipinski definition) is 3. The standard InChI is InChI=1S/C10H5ClFIN6/c11-5-1-6(13)9(4(2-14)8(5)12)19-18-7(3-15)10(16)17/h1,19H,(H3,16,17)/b18-7+. The first-order chi connectivity index (χ1) is 8.92. The molecule has 0 aromatic heterocycles. The zero-order chi connectivity index (χ0) is 14.6.